The van der Waals surface area contributed by atoms with Crippen LogP contribution in [0.2, 0.25) is 0 Å². The molecule has 2 aliphatic heterocycles. The van der Waals surface area contributed by atoms with E-state index in [-0.39, 0.29) is 23.7 Å². The molecule has 1 N–H and O–H groups in total. The number of hydrogen-bond donors (Lipinski definition) is 1. The number of halogens is 1. The van der Waals surface area contributed by atoms with Gasteiger partial charge in [-0.1, -0.05) is 6.42 Å². The Morgan fingerprint density at radius 3 is 2.75 bits per heavy atom. The number of nitrogens with one attached hydrogen (secondary N) is 1. The van der Waals surface area contributed by atoms with Crippen molar-refractivity contribution in [3.8, 4) is 5.75 Å². The minimum atomic E-state index is -0.605. The quantitative estimate of drug-likeness (QED) is 0.596. The van der Waals surface area contributed by atoms with Gasteiger partial charge in [-0.25, -0.2) is 4.39 Å². The van der Waals surface area contributed by atoms with Gasteiger partial charge in [0.15, 0.2) is 0 Å². The highest BCUT2D eigenvalue weighted by Crippen LogP contribution is 2.33. The average Bonchev–Trinajstić information content (AvgIpc) is 3.39. The second-order valence-corrected chi connectivity index (χ2v) is 9.69. The van der Waals surface area contributed by atoms with Gasteiger partial charge in [0.25, 0.3) is 0 Å². The fourth-order valence-electron chi connectivity index (χ4n) is 5.16. The Labute approximate surface area is 189 Å². The minimum absolute atomic E-state index is 0.0357. The van der Waals surface area contributed by atoms with Crippen LogP contribution in [0.4, 0.5) is 4.39 Å². The first-order valence-corrected chi connectivity index (χ1v) is 12.0. The van der Waals surface area contributed by atoms with E-state index in [9.17, 15) is 14.0 Å². The van der Waals surface area contributed by atoms with Crippen LogP contribution in [-0.4, -0.2) is 55.2 Å². The molecule has 1 aliphatic carbocycles. The summed E-state index contributed by atoms with van der Waals surface area (Å²) in [7, 11) is 1.55. The van der Waals surface area contributed by atoms with Crippen molar-refractivity contribution in [2.24, 2.45) is 5.92 Å². The van der Waals surface area contributed by atoms with E-state index in [4.69, 9.17) is 9.47 Å². The van der Waals surface area contributed by atoms with E-state index in [0.29, 0.717) is 55.9 Å². The second-order valence-electron chi connectivity index (χ2n) is 9.69. The Morgan fingerprint density at radius 1 is 1.28 bits per heavy atom. The van der Waals surface area contributed by atoms with Crippen molar-refractivity contribution < 1.29 is 23.5 Å². The predicted molar refractivity (Wildman–Crippen MR) is 119 cm³/mol. The van der Waals surface area contributed by atoms with Gasteiger partial charge < -0.3 is 19.7 Å². The molecule has 6 nitrogen and oxygen atoms in total. The first kappa shape index (κ1) is 23.0. The molecule has 1 aromatic carbocycles. The van der Waals surface area contributed by atoms with E-state index in [0.717, 1.165) is 26.0 Å². The third-order valence-electron chi connectivity index (χ3n) is 7.34. The molecule has 2 heterocycles. The third-order valence-corrected chi connectivity index (χ3v) is 7.34. The number of hydrogen-bond acceptors (Lipinski definition) is 4. The Morgan fingerprint density at radius 2 is 2.12 bits per heavy atom. The first-order chi connectivity index (χ1) is 15.5. The van der Waals surface area contributed by atoms with E-state index in [1.807, 2.05) is 4.90 Å². The molecule has 0 unspecified atom stereocenters. The molecule has 0 bridgehead atoms. The van der Waals surface area contributed by atoms with Gasteiger partial charge in [-0.2, -0.15) is 0 Å². The number of carbonyl (C=O) groups excluding carboxylic acids is 2. The van der Waals surface area contributed by atoms with E-state index in [2.05, 4.69) is 5.32 Å². The number of ether oxygens (including phenoxy) is 2. The van der Waals surface area contributed by atoms with Crippen molar-refractivity contribution >= 4 is 11.8 Å². The summed E-state index contributed by atoms with van der Waals surface area (Å²) in [5.74, 6) is 0.930. The zero-order valence-electron chi connectivity index (χ0n) is 19.0. The lowest BCUT2D eigenvalue weighted by molar-refractivity contribution is -0.134. The van der Waals surface area contributed by atoms with Crippen molar-refractivity contribution in [1.29, 1.82) is 0 Å². The highest BCUT2D eigenvalue weighted by molar-refractivity contribution is 5.80. The fraction of sp³-hybridized carbons (Fsp3) is 0.680. The molecule has 3 fully saturated rings. The number of methoxy groups -OCH3 is 1. The van der Waals surface area contributed by atoms with Crippen LogP contribution in [0.3, 0.4) is 0 Å². The van der Waals surface area contributed by atoms with Gasteiger partial charge in [-0.05, 0) is 74.6 Å². The molecule has 2 saturated heterocycles. The van der Waals surface area contributed by atoms with Crippen LogP contribution in [-0.2, 0) is 20.7 Å². The molecule has 32 heavy (non-hydrogen) atoms. The van der Waals surface area contributed by atoms with Gasteiger partial charge in [0.05, 0.1) is 13.2 Å². The Bertz CT molecular complexity index is 822. The van der Waals surface area contributed by atoms with Crippen LogP contribution in [0.5, 0.6) is 5.75 Å². The molecule has 2 amide bonds. The molecule has 0 aromatic heterocycles. The predicted octanol–water partition coefficient (Wildman–Crippen LogP) is 3.61. The molecular formula is C25H35FN2O4. The molecule has 3 aliphatic rings. The van der Waals surface area contributed by atoms with Crippen molar-refractivity contribution in [2.45, 2.75) is 75.9 Å². The van der Waals surface area contributed by atoms with E-state index in [1.165, 1.54) is 25.3 Å². The molecule has 0 radical (unpaired) electrons. The van der Waals surface area contributed by atoms with Crippen LogP contribution < -0.4 is 10.1 Å². The summed E-state index contributed by atoms with van der Waals surface area (Å²) in [5, 5.41) is 3.07. The standard InChI is InChI=1S/C25H35FN2O4/c1-31-20-7-8-22(26)19(14-20)15-25(11-9-23(29)27-25)12-10-24(30)28(16-18-4-2-5-18)17-21-6-3-13-32-21/h7-8,14,18,21H,2-6,9-13,15-17H2,1H3,(H,27,29)/t21-,25+/m0/s1. The van der Waals surface area contributed by atoms with Gasteiger partial charge in [-0.15, -0.1) is 0 Å². The smallest absolute Gasteiger partial charge is 0.222 e. The topological polar surface area (TPSA) is 67.9 Å². The maximum Gasteiger partial charge on any atom is 0.222 e. The summed E-state index contributed by atoms with van der Waals surface area (Å²) in [6.07, 6.45) is 8.00. The second kappa shape index (κ2) is 10.2. The monoisotopic (exact) mass is 446 g/mol. The van der Waals surface area contributed by atoms with Gasteiger partial charge in [0, 0.05) is 38.1 Å². The first-order valence-electron chi connectivity index (χ1n) is 12.0. The van der Waals surface area contributed by atoms with Gasteiger partial charge in [0.2, 0.25) is 11.8 Å². The Hall–Kier alpha value is -2.15. The van der Waals surface area contributed by atoms with E-state index < -0.39 is 5.54 Å². The normalized spacial score (nSPS) is 25.4. The van der Waals surface area contributed by atoms with Crippen molar-refractivity contribution in [1.82, 2.24) is 10.2 Å². The summed E-state index contributed by atoms with van der Waals surface area (Å²) in [5.41, 5.74) is -0.101. The number of rotatable bonds is 10. The molecule has 0 spiro atoms. The lowest BCUT2D eigenvalue weighted by Gasteiger charge is -2.35. The maximum atomic E-state index is 14.5. The van der Waals surface area contributed by atoms with Crippen LogP contribution in [0, 0.1) is 11.7 Å². The summed E-state index contributed by atoms with van der Waals surface area (Å²) < 4.78 is 25.5. The van der Waals surface area contributed by atoms with Crippen LogP contribution in [0.15, 0.2) is 18.2 Å². The van der Waals surface area contributed by atoms with Gasteiger partial charge >= 0.3 is 0 Å². The third kappa shape index (κ3) is 5.61. The molecular weight excluding hydrogens is 411 g/mol. The van der Waals surface area contributed by atoms with Crippen LogP contribution in [0.1, 0.15) is 63.4 Å². The fourth-order valence-corrected chi connectivity index (χ4v) is 5.16. The summed E-state index contributed by atoms with van der Waals surface area (Å²) in [4.78, 5) is 27.4. The summed E-state index contributed by atoms with van der Waals surface area (Å²) in [6, 6.07) is 4.67. The highest BCUT2D eigenvalue weighted by atomic mass is 19.1. The maximum absolute atomic E-state index is 14.5. The molecule has 2 atom stereocenters. The zero-order chi connectivity index (χ0) is 22.6. The largest absolute Gasteiger partial charge is 0.497 e. The Balaban J connectivity index is 1.43. The average molecular weight is 447 g/mol. The highest BCUT2D eigenvalue weighted by Gasteiger charge is 2.39. The molecule has 4 rings (SSSR count). The molecule has 7 heteroatoms. The number of amides is 2. The van der Waals surface area contributed by atoms with Gasteiger partial charge in [-0.3, -0.25) is 9.59 Å². The van der Waals surface area contributed by atoms with E-state index >= 15 is 0 Å². The zero-order valence-corrected chi connectivity index (χ0v) is 19.0. The summed E-state index contributed by atoms with van der Waals surface area (Å²) >= 11 is 0. The van der Waals surface area contributed by atoms with Crippen molar-refractivity contribution in [2.75, 3.05) is 26.8 Å². The lowest BCUT2D eigenvalue weighted by atomic mass is 9.83. The van der Waals surface area contributed by atoms with Crippen molar-refractivity contribution in [3.63, 3.8) is 0 Å². The van der Waals surface area contributed by atoms with Crippen molar-refractivity contribution in [3.05, 3.63) is 29.6 Å². The van der Waals surface area contributed by atoms with E-state index in [1.54, 1.807) is 19.2 Å². The SMILES string of the molecule is COc1ccc(F)c(C[C@]2(CCC(=O)N(CC3CCC3)C[C@@H]3CCCO3)CCC(=O)N2)c1. The lowest BCUT2D eigenvalue weighted by Crippen LogP contribution is -2.46. The van der Waals surface area contributed by atoms with Crippen LogP contribution in [0.25, 0.3) is 0 Å². The molecule has 176 valence electrons. The number of carbonyl (C=O) groups is 2. The van der Waals surface area contributed by atoms with Gasteiger partial charge in [0.1, 0.15) is 11.6 Å². The minimum Gasteiger partial charge on any atom is -0.497 e. The number of benzene rings is 1. The molecule has 1 saturated carbocycles. The number of nitrogens with zero attached hydrogens (tertiary/aromatic N) is 1. The molecule has 1 aromatic rings. The summed E-state index contributed by atoms with van der Waals surface area (Å²) in [6.45, 7) is 2.22. The Kier molecular flexibility index (Phi) is 7.33. The van der Waals surface area contributed by atoms with Crippen LogP contribution >= 0.6 is 0 Å².